The predicted octanol–water partition coefficient (Wildman–Crippen LogP) is 8.21. The lowest BCUT2D eigenvalue weighted by Crippen LogP contribution is -2.36. The molecule has 9 rings (SSSR count). The van der Waals surface area contributed by atoms with E-state index in [1.165, 1.54) is 82.4 Å². The van der Waals surface area contributed by atoms with Crippen molar-refractivity contribution in [2.24, 2.45) is 0 Å². The summed E-state index contributed by atoms with van der Waals surface area (Å²) in [6.45, 7) is 9.80. The van der Waals surface area contributed by atoms with E-state index in [4.69, 9.17) is 0 Å². The monoisotopic (exact) mass is 486 g/mol. The maximum Gasteiger partial charge on any atom is 0.0153 e. The van der Waals surface area contributed by atoms with Gasteiger partial charge in [-0.2, -0.15) is 0 Å². The van der Waals surface area contributed by atoms with Crippen molar-refractivity contribution >= 4 is 22.4 Å². The van der Waals surface area contributed by atoms with Crippen molar-refractivity contribution in [3.8, 4) is 33.4 Å². The molecule has 4 aliphatic rings. The van der Waals surface area contributed by atoms with Gasteiger partial charge in [-0.05, 0) is 125 Å². The van der Waals surface area contributed by atoms with Crippen LogP contribution in [0.1, 0.15) is 68.4 Å². The van der Waals surface area contributed by atoms with E-state index in [1.807, 2.05) is 0 Å². The molecular formula is C38H30. The Bertz CT molecular complexity index is 2060. The fourth-order valence-electron chi connectivity index (χ4n) is 8.33. The molecule has 0 radical (unpaired) electrons. The third-order valence-electron chi connectivity index (χ3n) is 10.3. The quantitative estimate of drug-likeness (QED) is 0.203. The summed E-state index contributed by atoms with van der Waals surface area (Å²) in [5.41, 5.74) is 17.3. The summed E-state index contributed by atoms with van der Waals surface area (Å²) in [5, 5.41) is 5.67. The highest BCUT2D eigenvalue weighted by molar-refractivity contribution is 6.15. The summed E-state index contributed by atoms with van der Waals surface area (Å²) in [4.78, 5) is 0. The molecule has 0 unspecified atom stereocenters. The predicted molar refractivity (Wildman–Crippen MR) is 160 cm³/mol. The van der Waals surface area contributed by atoms with Crippen molar-refractivity contribution < 1.29 is 0 Å². The summed E-state index contributed by atoms with van der Waals surface area (Å²) in [7, 11) is 0. The third kappa shape index (κ3) is 2.30. The van der Waals surface area contributed by atoms with Crippen LogP contribution in [0.15, 0.2) is 78.9 Å². The van der Waals surface area contributed by atoms with E-state index < -0.39 is 0 Å². The average Bonchev–Trinajstić information content (AvgIpc) is 3.42. The topological polar surface area (TPSA) is 0 Å². The van der Waals surface area contributed by atoms with Gasteiger partial charge >= 0.3 is 0 Å². The molecule has 5 aromatic rings. The largest absolute Gasteiger partial charge is 0.0763 e. The molecule has 0 aromatic heterocycles. The Kier molecular flexibility index (Phi) is 3.64. The van der Waals surface area contributed by atoms with Crippen LogP contribution in [-0.4, -0.2) is 0 Å². The Hall–Kier alpha value is -3.90. The van der Waals surface area contributed by atoms with Crippen molar-refractivity contribution in [3.63, 3.8) is 0 Å². The van der Waals surface area contributed by atoms with E-state index >= 15 is 0 Å². The zero-order valence-electron chi connectivity index (χ0n) is 22.5. The van der Waals surface area contributed by atoms with Crippen LogP contribution in [0, 0.1) is 0 Å². The minimum Gasteiger partial charge on any atom is -0.0763 e. The van der Waals surface area contributed by atoms with Gasteiger partial charge in [-0.15, -0.1) is 0 Å². The lowest BCUT2D eigenvalue weighted by molar-refractivity contribution is 0.521. The van der Waals surface area contributed by atoms with Crippen molar-refractivity contribution in [1.82, 2.24) is 0 Å². The van der Waals surface area contributed by atoms with Gasteiger partial charge in [-0.1, -0.05) is 88.4 Å². The highest BCUT2D eigenvalue weighted by Crippen LogP contribution is 2.56. The lowest BCUT2D eigenvalue weighted by Gasteiger charge is -2.45. The third-order valence-corrected chi connectivity index (χ3v) is 10.3. The SMILES string of the molecule is CC1(C)c2cc3c(cc2C(C)(C)c2cc4c(cc21)-c1cccc2cccc-4c12)-c1cccc2c1=C3CCC=2. The van der Waals surface area contributed by atoms with E-state index in [0.717, 1.165) is 12.8 Å². The van der Waals surface area contributed by atoms with Crippen LogP contribution >= 0.6 is 0 Å². The summed E-state index contributed by atoms with van der Waals surface area (Å²) in [5.74, 6) is 0. The van der Waals surface area contributed by atoms with Crippen LogP contribution in [0.3, 0.4) is 0 Å². The fourth-order valence-corrected chi connectivity index (χ4v) is 8.33. The minimum absolute atomic E-state index is 0.0775. The first-order valence-corrected chi connectivity index (χ1v) is 14.1. The molecule has 0 bridgehead atoms. The number of hydrogen-bond donors (Lipinski definition) is 0. The van der Waals surface area contributed by atoms with E-state index in [9.17, 15) is 0 Å². The lowest BCUT2D eigenvalue weighted by atomic mass is 9.59. The zero-order valence-corrected chi connectivity index (χ0v) is 22.5. The van der Waals surface area contributed by atoms with Gasteiger partial charge in [0.2, 0.25) is 0 Å². The number of fused-ring (bicyclic) bond motifs is 8. The molecule has 0 atom stereocenters. The van der Waals surface area contributed by atoms with Gasteiger partial charge in [0.05, 0.1) is 0 Å². The van der Waals surface area contributed by atoms with Crippen molar-refractivity contribution in [3.05, 3.63) is 117 Å². The molecule has 0 saturated carbocycles. The van der Waals surface area contributed by atoms with E-state index in [-0.39, 0.29) is 10.8 Å². The summed E-state index contributed by atoms with van der Waals surface area (Å²) in [6, 6.07) is 30.7. The first-order chi connectivity index (χ1) is 18.4. The van der Waals surface area contributed by atoms with Crippen LogP contribution in [-0.2, 0) is 10.8 Å². The van der Waals surface area contributed by atoms with Gasteiger partial charge in [-0.25, -0.2) is 0 Å². The highest BCUT2D eigenvalue weighted by Gasteiger charge is 2.44. The standard InChI is InChI=1S/C38H30/c1-37(2)31-17-27-23-13-5-9-21-11-7-15-25(35(21)23)29(27)19-33(31)38(3,4)34-20-30-26-16-8-12-22-10-6-14-24(36(22)26)28(30)18-32(34)37/h5-7,9-15,17-20H,8,16H2,1-4H3. The molecule has 0 N–H and O–H groups in total. The Balaban J connectivity index is 1.34. The fraction of sp³-hybridized carbons (Fsp3) is 0.211. The zero-order chi connectivity index (χ0) is 25.6. The summed E-state index contributed by atoms with van der Waals surface area (Å²) < 4.78 is 0. The Morgan fingerprint density at radius 1 is 0.526 bits per heavy atom. The maximum absolute atomic E-state index is 2.59. The molecule has 4 aliphatic carbocycles. The molecule has 0 nitrogen and oxygen atoms in total. The van der Waals surface area contributed by atoms with Gasteiger partial charge in [0.25, 0.3) is 0 Å². The van der Waals surface area contributed by atoms with Crippen LogP contribution < -0.4 is 10.4 Å². The second-order valence-electron chi connectivity index (χ2n) is 12.8. The summed E-state index contributed by atoms with van der Waals surface area (Å²) >= 11 is 0. The normalized spacial score (nSPS) is 17.8. The number of hydrogen-bond acceptors (Lipinski definition) is 0. The van der Waals surface area contributed by atoms with E-state index in [2.05, 4.69) is 113 Å². The van der Waals surface area contributed by atoms with Gasteiger partial charge < -0.3 is 0 Å². The average molecular weight is 487 g/mol. The second kappa shape index (κ2) is 6.56. The smallest absolute Gasteiger partial charge is 0.0153 e. The molecule has 0 fully saturated rings. The minimum atomic E-state index is -0.0836. The van der Waals surface area contributed by atoms with Crippen LogP contribution in [0.25, 0.3) is 55.8 Å². The van der Waals surface area contributed by atoms with Crippen LogP contribution in [0.5, 0.6) is 0 Å². The molecule has 5 aromatic carbocycles. The second-order valence-corrected chi connectivity index (χ2v) is 12.8. The highest BCUT2D eigenvalue weighted by atomic mass is 14.5. The maximum atomic E-state index is 2.59. The summed E-state index contributed by atoms with van der Waals surface area (Å²) in [6.07, 6.45) is 4.71. The number of rotatable bonds is 0. The molecule has 0 heteroatoms. The van der Waals surface area contributed by atoms with Crippen molar-refractivity contribution in [2.75, 3.05) is 0 Å². The first-order valence-electron chi connectivity index (χ1n) is 14.1. The molecule has 38 heavy (non-hydrogen) atoms. The van der Waals surface area contributed by atoms with Gasteiger partial charge in [0.1, 0.15) is 0 Å². The molecule has 182 valence electrons. The number of benzene rings is 5. The van der Waals surface area contributed by atoms with Crippen LogP contribution in [0.2, 0.25) is 0 Å². The molecular weight excluding hydrogens is 456 g/mol. The Morgan fingerprint density at radius 2 is 1.03 bits per heavy atom. The Labute approximate surface area is 224 Å². The molecule has 0 saturated heterocycles. The van der Waals surface area contributed by atoms with Crippen molar-refractivity contribution in [1.29, 1.82) is 0 Å². The molecule has 0 spiro atoms. The van der Waals surface area contributed by atoms with Gasteiger partial charge in [-0.3, -0.25) is 0 Å². The van der Waals surface area contributed by atoms with E-state index in [0.29, 0.717) is 0 Å². The van der Waals surface area contributed by atoms with Gasteiger partial charge in [0.15, 0.2) is 0 Å². The Morgan fingerprint density at radius 3 is 1.63 bits per heavy atom. The molecule has 0 aliphatic heterocycles. The van der Waals surface area contributed by atoms with Crippen LogP contribution in [0.4, 0.5) is 0 Å². The first kappa shape index (κ1) is 21.1. The van der Waals surface area contributed by atoms with Gasteiger partial charge in [0, 0.05) is 10.8 Å². The van der Waals surface area contributed by atoms with E-state index in [1.54, 1.807) is 5.57 Å². The molecule has 0 heterocycles. The van der Waals surface area contributed by atoms with Crippen molar-refractivity contribution in [2.45, 2.75) is 51.4 Å². The molecule has 0 amide bonds.